The van der Waals surface area contributed by atoms with Crippen LogP contribution in [0.1, 0.15) is 18.4 Å². The van der Waals surface area contributed by atoms with E-state index in [1.54, 1.807) is 0 Å². The summed E-state index contributed by atoms with van der Waals surface area (Å²) in [5.41, 5.74) is 1.85. The minimum Gasteiger partial charge on any atom is -0.310 e. The van der Waals surface area contributed by atoms with Gasteiger partial charge in [0.2, 0.25) is 0 Å². The summed E-state index contributed by atoms with van der Waals surface area (Å²) in [4.78, 5) is 11.4. The normalized spacial score (nSPS) is 15.1. The molecule has 1 aromatic heterocycles. The highest BCUT2D eigenvalue weighted by Gasteiger charge is 2.19. The number of hydrogen-bond acceptors (Lipinski definition) is 3. The number of aromatic amines is 1. The Morgan fingerprint density at radius 3 is 2.71 bits per heavy atom. The first kappa shape index (κ1) is 10.3. The van der Waals surface area contributed by atoms with Gasteiger partial charge in [0.1, 0.15) is 6.33 Å². The van der Waals surface area contributed by atoms with E-state index in [0.717, 1.165) is 12.2 Å². The first-order valence-corrected chi connectivity index (χ1v) is 5.77. The molecule has 0 aliphatic heterocycles. The van der Waals surface area contributed by atoms with Crippen molar-refractivity contribution in [3.05, 3.63) is 46.6 Å². The van der Waals surface area contributed by atoms with Crippen LogP contribution >= 0.6 is 0 Å². The molecule has 0 spiro atoms. The van der Waals surface area contributed by atoms with Crippen molar-refractivity contribution >= 4 is 0 Å². The van der Waals surface area contributed by atoms with Gasteiger partial charge in [0.25, 0.3) is 0 Å². The zero-order chi connectivity index (χ0) is 11.7. The lowest BCUT2D eigenvalue weighted by molar-refractivity contribution is 0.687. The lowest BCUT2D eigenvalue weighted by Crippen LogP contribution is -2.16. The molecule has 1 fully saturated rings. The summed E-state index contributed by atoms with van der Waals surface area (Å²) < 4.78 is 1.48. The molecule has 1 heterocycles. The zero-order valence-electron chi connectivity index (χ0n) is 9.39. The molecule has 0 bridgehead atoms. The van der Waals surface area contributed by atoms with Crippen LogP contribution in [0.4, 0.5) is 0 Å². The molecule has 5 nitrogen and oxygen atoms in total. The number of aromatic nitrogens is 3. The van der Waals surface area contributed by atoms with E-state index in [-0.39, 0.29) is 5.69 Å². The number of H-pyrrole nitrogens is 1. The van der Waals surface area contributed by atoms with Crippen molar-refractivity contribution < 1.29 is 0 Å². The first-order valence-electron chi connectivity index (χ1n) is 5.77. The van der Waals surface area contributed by atoms with Gasteiger partial charge < -0.3 is 5.32 Å². The molecule has 0 amide bonds. The number of benzene rings is 1. The third-order valence-corrected chi connectivity index (χ3v) is 2.94. The van der Waals surface area contributed by atoms with E-state index < -0.39 is 0 Å². The van der Waals surface area contributed by atoms with Crippen LogP contribution in [0.25, 0.3) is 5.69 Å². The third-order valence-electron chi connectivity index (χ3n) is 2.94. The van der Waals surface area contributed by atoms with Crippen LogP contribution in [-0.2, 0) is 6.54 Å². The number of nitrogens with zero attached hydrogens (tertiary/aromatic N) is 2. The molecular weight excluding hydrogens is 216 g/mol. The molecule has 1 aliphatic carbocycles. The van der Waals surface area contributed by atoms with Gasteiger partial charge in [-0.3, -0.25) is 0 Å². The topological polar surface area (TPSA) is 62.7 Å². The van der Waals surface area contributed by atoms with Crippen LogP contribution in [0.2, 0.25) is 0 Å². The van der Waals surface area contributed by atoms with Crippen molar-refractivity contribution in [1.82, 2.24) is 20.1 Å². The molecule has 0 unspecified atom stereocenters. The minimum absolute atomic E-state index is 0.214. The Morgan fingerprint density at radius 2 is 2.12 bits per heavy atom. The van der Waals surface area contributed by atoms with Crippen LogP contribution in [0.3, 0.4) is 0 Å². The van der Waals surface area contributed by atoms with Crippen molar-refractivity contribution in [3.63, 3.8) is 0 Å². The molecule has 0 radical (unpaired) electrons. The summed E-state index contributed by atoms with van der Waals surface area (Å²) in [6, 6.07) is 8.64. The highest BCUT2D eigenvalue weighted by Crippen LogP contribution is 2.19. The SMILES string of the molecule is O=c1[nH]ncn1-c1ccc(CNC2CC2)cc1. The van der Waals surface area contributed by atoms with Gasteiger partial charge >= 0.3 is 5.69 Å². The van der Waals surface area contributed by atoms with Gasteiger partial charge in [-0.2, -0.15) is 5.10 Å². The van der Waals surface area contributed by atoms with Gasteiger partial charge in [-0.05, 0) is 30.5 Å². The predicted molar refractivity (Wildman–Crippen MR) is 64.0 cm³/mol. The smallest absolute Gasteiger partial charge is 0.310 e. The van der Waals surface area contributed by atoms with Crippen LogP contribution in [0.5, 0.6) is 0 Å². The summed E-state index contributed by atoms with van der Waals surface area (Å²) in [5.74, 6) is 0. The van der Waals surface area contributed by atoms with Gasteiger partial charge in [0.15, 0.2) is 0 Å². The molecular formula is C12H14N4O. The maximum Gasteiger partial charge on any atom is 0.347 e. The van der Waals surface area contributed by atoms with Gasteiger partial charge in [-0.15, -0.1) is 0 Å². The summed E-state index contributed by atoms with van der Waals surface area (Å²) >= 11 is 0. The standard InChI is InChI=1S/C12H14N4O/c17-12-15-14-8-16(12)11-5-1-9(2-6-11)7-13-10-3-4-10/h1-2,5-6,8,10,13H,3-4,7H2,(H,15,17). The second kappa shape index (κ2) is 4.18. The average Bonchev–Trinajstić information content (AvgIpc) is 3.09. The molecule has 2 N–H and O–H groups in total. The number of rotatable bonds is 4. The van der Waals surface area contributed by atoms with Crippen molar-refractivity contribution in [3.8, 4) is 5.69 Å². The van der Waals surface area contributed by atoms with Crippen molar-refractivity contribution in [1.29, 1.82) is 0 Å². The van der Waals surface area contributed by atoms with Gasteiger partial charge in [-0.25, -0.2) is 14.5 Å². The maximum atomic E-state index is 11.4. The Labute approximate surface area is 98.5 Å². The Balaban J connectivity index is 1.75. The summed E-state index contributed by atoms with van der Waals surface area (Å²) in [6.45, 7) is 0.894. The van der Waals surface area contributed by atoms with E-state index in [2.05, 4.69) is 15.5 Å². The fourth-order valence-corrected chi connectivity index (χ4v) is 1.76. The lowest BCUT2D eigenvalue weighted by Gasteiger charge is -2.04. The molecule has 88 valence electrons. The molecule has 3 rings (SSSR count). The molecule has 2 aromatic rings. The second-order valence-corrected chi connectivity index (χ2v) is 4.35. The molecule has 1 aromatic carbocycles. The van der Waals surface area contributed by atoms with Crippen molar-refractivity contribution in [2.24, 2.45) is 0 Å². The molecule has 1 aliphatic rings. The molecule has 0 atom stereocenters. The molecule has 0 saturated heterocycles. The van der Waals surface area contributed by atoms with Crippen molar-refractivity contribution in [2.45, 2.75) is 25.4 Å². The fourth-order valence-electron chi connectivity index (χ4n) is 1.76. The fraction of sp³-hybridized carbons (Fsp3) is 0.333. The van der Waals surface area contributed by atoms with E-state index in [1.807, 2.05) is 24.3 Å². The molecule has 1 saturated carbocycles. The van der Waals surface area contributed by atoms with Gasteiger partial charge in [0.05, 0.1) is 5.69 Å². The Bertz CT molecular complexity index is 550. The van der Waals surface area contributed by atoms with Crippen LogP contribution in [0, 0.1) is 0 Å². The summed E-state index contributed by atoms with van der Waals surface area (Å²) in [7, 11) is 0. The van der Waals surface area contributed by atoms with Crippen LogP contribution in [0.15, 0.2) is 35.4 Å². The largest absolute Gasteiger partial charge is 0.347 e. The van der Waals surface area contributed by atoms with Crippen LogP contribution in [-0.4, -0.2) is 20.8 Å². The van der Waals surface area contributed by atoms with E-state index >= 15 is 0 Å². The molecule has 17 heavy (non-hydrogen) atoms. The monoisotopic (exact) mass is 230 g/mol. The van der Waals surface area contributed by atoms with E-state index in [0.29, 0.717) is 6.04 Å². The first-order chi connectivity index (χ1) is 8.33. The Hall–Kier alpha value is -1.88. The number of hydrogen-bond donors (Lipinski definition) is 2. The van der Waals surface area contributed by atoms with Gasteiger partial charge in [0, 0.05) is 12.6 Å². The quantitative estimate of drug-likeness (QED) is 0.817. The van der Waals surface area contributed by atoms with Gasteiger partial charge in [-0.1, -0.05) is 12.1 Å². The zero-order valence-corrected chi connectivity index (χ0v) is 9.39. The Morgan fingerprint density at radius 1 is 1.35 bits per heavy atom. The summed E-state index contributed by atoms with van der Waals surface area (Å²) in [6.07, 6.45) is 4.07. The average molecular weight is 230 g/mol. The van der Waals surface area contributed by atoms with E-state index in [9.17, 15) is 4.79 Å². The van der Waals surface area contributed by atoms with E-state index in [1.165, 1.54) is 29.3 Å². The van der Waals surface area contributed by atoms with E-state index in [4.69, 9.17) is 0 Å². The third kappa shape index (κ3) is 2.29. The second-order valence-electron chi connectivity index (χ2n) is 4.35. The Kier molecular flexibility index (Phi) is 2.53. The number of nitrogens with one attached hydrogen (secondary N) is 2. The predicted octanol–water partition coefficient (Wildman–Crippen LogP) is 0.813. The highest BCUT2D eigenvalue weighted by atomic mass is 16.1. The summed E-state index contributed by atoms with van der Waals surface area (Å²) in [5, 5.41) is 9.53. The minimum atomic E-state index is -0.214. The highest BCUT2D eigenvalue weighted by molar-refractivity contribution is 5.34. The lowest BCUT2D eigenvalue weighted by atomic mass is 10.2. The maximum absolute atomic E-state index is 11.4. The van der Waals surface area contributed by atoms with Crippen molar-refractivity contribution in [2.75, 3.05) is 0 Å². The molecule has 5 heteroatoms. The van der Waals surface area contributed by atoms with Crippen LogP contribution < -0.4 is 11.0 Å².